The number of carbonyl (C=O) groups excluding carboxylic acids is 3. The van der Waals surface area contributed by atoms with Gasteiger partial charge in [0, 0.05) is 19.3 Å². The summed E-state index contributed by atoms with van der Waals surface area (Å²) in [5, 5.41) is 0. The molecule has 0 aromatic rings. The maximum absolute atomic E-state index is 13.0. The van der Waals surface area contributed by atoms with E-state index in [1.54, 1.807) is 0 Å². The van der Waals surface area contributed by atoms with Crippen molar-refractivity contribution in [1.82, 2.24) is 0 Å². The largest absolute Gasteiger partial charge is 0.462 e. The lowest BCUT2D eigenvalue weighted by atomic mass is 10.0. The van der Waals surface area contributed by atoms with E-state index in [1.165, 1.54) is 257 Å². The second-order valence-electron chi connectivity index (χ2n) is 24.5. The number of carbonyl (C=O) groups is 3. The molecule has 0 bridgehead atoms. The number of allylic oxidation sites excluding steroid dienone is 10. The van der Waals surface area contributed by atoms with Crippen molar-refractivity contribution in [3.63, 3.8) is 0 Å². The van der Waals surface area contributed by atoms with Gasteiger partial charge in [-0.1, -0.05) is 345 Å². The molecule has 0 N–H and O–H groups in total. The minimum Gasteiger partial charge on any atom is -0.462 e. The van der Waals surface area contributed by atoms with Crippen LogP contribution in [0.25, 0.3) is 0 Å². The summed E-state index contributed by atoms with van der Waals surface area (Å²) in [6.07, 6.45) is 91.0. The Morgan fingerprint density at radius 3 is 0.756 bits per heavy atom. The van der Waals surface area contributed by atoms with Crippen molar-refractivity contribution in [2.75, 3.05) is 13.2 Å². The van der Waals surface area contributed by atoms with Gasteiger partial charge >= 0.3 is 17.9 Å². The van der Waals surface area contributed by atoms with Crippen LogP contribution < -0.4 is 0 Å². The SMILES string of the molecule is CC/C=C\C/C=C\C/C=C\C/C=C\CCCCCCCCCCC(=O)OC(COC(=O)CCCCCCCCCCC/C=C\CCCCCCCC)COC(=O)CCCCCCCCCCCCCCCCCCCCCCCCCC. The van der Waals surface area contributed by atoms with Crippen LogP contribution in [0.2, 0.25) is 0 Å². The van der Waals surface area contributed by atoms with Gasteiger partial charge in [0.2, 0.25) is 0 Å². The van der Waals surface area contributed by atoms with Gasteiger partial charge in [-0.25, -0.2) is 0 Å². The van der Waals surface area contributed by atoms with Gasteiger partial charge in [0.05, 0.1) is 0 Å². The highest BCUT2D eigenvalue weighted by molar-refractivity contribution is 5.71. The van der Waals surface area contributed by atoms with E-state index in [1.807, 2.05) is 0 Å². The van der Waals surface area contributed by atoms with Crippen LogP contribution in [0, 0.1) is 0 Å². The zero-order chi connectivity index (χ0) is 59.2. The zero-order valence-corrected chi connectivity index (χ0v) is 55.0. The summed E-state index contributed by atoms with van der Waals surface area (Å²) in [6, 6.07) is 0. The smallest absolute Gasteiger partial charge is 0.306 e. The van der Waals surface area contributed by atoms with Crippen LogP contribution in [0.15, 0.2) is 60.8 Å². The van der Waals surface area contributed by atoms with Crippen molar-refractivity contribution in [2.45, 2.75) is 393 Å². The lowest BCUT2D eigenvalue weighted by Crippen LogP contribution is -2.30. The Morgan fingerprint density at radius 1 is 0.256 bits per heavy atom. The first-order valence-electron chi connectivity index (χ1n) is 36.3. The van der Waals surface area contributed by atoms with Crippen molar-refractivity contribution in [3.8, 4) is 0 Å². The number of hydrogen-bond acceptors (Lipinski definition) is 6. The molecule has 1 unspecified atom stereocenters. The molecule has 0 radical (unpaired) electrons. The molecule has 0 saturated carbocycles. The molecule has 0 fully saturated rings. The molecule has 0 saturated heterocycles. The number of hydrogen-bond donors (Lipinski definition) is 0. The first-order chi connectivity index (χ1) is 40.5. The van der Waals surface area contributed by atoms with Gasteiger partial charge in [0.15, 0.2) is 6.10 Å². The Balaban J connectivity index is 4.33. The molecule has 0 aliphatic rings. The summed E-state index contributed by atoms with van der Waals surface area (Å²) in [5.74, 6) is -0.857. The van der Waals surface area contributed by atoms with E-state index in [2.05, 4.69) is 81.5 Å². The maximum Gasteiger partial charge on any atom is 0.306 e. The molecule has 0 spiro atoms. The van der Waals surface area contributed by atoms with E-state index in [4.69, 9.17) is 14.2 Å². The summed E-state index contributed by atoms with van der Waals surface area (Å²) in [4.78, 5) is 38.5. The zero-order valence-electron chi connectivity index (χ0n) is 55.0. The molecule has 0 amide bonds. The number of ether oxygens (including phenoxy) is 3. The van der Waals surface area contributed by atoms with Crippen LogP contribution in [0.5, 0.6) is 0 Å². The average molecular weight is 1150 g/mol. The number of rotatable bonds is 67. The highest BCUT2D eigenvalue weighted by atomic mass is 16.6. The van der Waals surface area contributed by atoms with Crippen LogP contribution >= 0.6 is 0 Å². The first-order valence-corrected chi connectivity index (χ1v) is 36.3. The van der Waals surface area contributed by atoms with Crippen molar-refractivity contribution < 1.29 is 28.6 Å². The molecule has 0 aliphatic carbocycles. The van der Waals surface area contributed by atoms with Crippen molar-refractivity contribution >= 4 is 17.9 Å². The maximum atomic E-state index is 13.0. The Kier molecular flexibility index (Phi) is 68.1. The molecule has 0 heterocycles. The predicted octanol–water partition coefficient (Wildman–Crippen LogP) is 25.1. The third kappa shape index (κ3) is 67.9. The average Bonchev–Trinajstić information content (AvgIpc) is 3.47. The molecular formula is C76H138O6. The second kappa shape index (κ2) is 70.6. The van der Waals surface area contributed by atoms with E-state index in [-0.39, 0.29) is 31.1 Å². The van der Waals surface area contributed by atoms with Gasteiger partial charge in [-0.15, -0.1) is 0 Å². The highest BCUT2D eigenvalue weighted by Crippen LogP contribution is 2.18. The molecule has 82 heavy (non-hydrogen) atoms. The van der Waals surface area contributed by atoms with Crippen LogP contribution in [0.3, 0.4) is 0 Å². The molecule has 0 rings (SSSR count). The van der Waals surface area contributed by atoms with Gasteiger partial charge in [0.25, 0.3) is 0 Å². The molecule has 0 aliphatic heterocycles. The molecular weight excluding hydrogens is 1010 g/mol. The topological polar surface area (TPSA) is 78.9 Å². The third-order valence-corrected chi connectivity index (χ3v) is 16.3. The van der Waals surface area contributed by atoms with Gasteiger partial charge in [-0.05, 0) is 83.5 Å². The Morgan fingerprint density at radius 2 is 0.476 bits per heavy atom. The van der Waals surface area contributed by atoms with Crippen LogP contribution in [-0.4, -0.2) is 37.2 Å². The van der Waals surface area contributed by atoms with E-state index in [9.17, 15) is 14.4 Å². The number of unbranched alkanes of at least 4 members (excludes halogenated alkanes) is 46. The van der Waals surface area contributed by atoms with Gasteiger partial charge < -0.3 is 14.2 Å². The van der Waals surface area contributed by atoms with Crippen LogP contribution in [0.4, 0.5) is 0 Å². The molecule has 1 atom stereocenters. The van der Waals surface area contributed by atoms with Gasteiger partial charge in [-0.3, -0.25) is 14.4 Å². The van der Waals surface area contributed by atoms with E-state index < -0.39 is 6.10 Å². The normalized spacial score (nSPS) is 12.4. The van der Waals surface area contributed by atoms with Crippen molar-refractivity contribution in [3.05, 3.63) is 60.8 Å². The Bertz CT molecular complexity index is 1460. The summed E-state index contributed by atoms with van der Waals surface area (Å²) in [6.45, 7) is 6.59. The van der Waals surface area contributed by atoms with Crippen LogP contribution in [0.1, 0.15) is 387 Å². The van der Waals surface area contributed by atoms with Gasteiger partial charge in [0.1, 0.15) is 13.2 Å². The highest BCUT2D eigenvalue weighted by Gasteiger charge is 2.19. The third-order valence-electron chi connectivity index (χ3n) is 16.3. The van der Waals surface area contributed by atoms with E-state index in [0.717, 1.165) is 89.9 Å². The summed E-state index contributed by atoms with van der Waals surface area (Å²) in [7, 11) is 0. The molecule has 0 aromatic carbocycles. The van der Waals surface area contributed by atoms with Gasteiger partial charge in [-0.2, -0.15) is 0 Å². The quantitative estimate of drug-likeness (QED) is 0.0261. The van der Waals surface area contributed by atoms with Crippen LogP contribution in [-0.2, 0) is 28.6 Å². The summed E-state index contributed by atoms with van der Waals surface area (Å²) in [5.41, 5.74) is 0. The Labute approximate surface area is 510 Å². The summed E-state index contributed by atoms with van der Waals surface area (Å²) < 4.78 is 17.0. The fourth-order valence-corrected chi connectivity index (χ4v) is 10.8. The molecule has 478 valence electrons. The summed E-state index contributed by atoms with van der Waals surface area (Å²) >= 11 is 0. The Hall–Kier alpha value is -2.89. The molecule has 6 nitrogen and oxygen atoms in total. The lowest BCUT2D eigenvalue weighted by Gasteiger charge is -2.18. The fraction of sp³-hybridized carbons (Fsp3) is 0.829. The monoisotopic (exact) mass is 1150 g/mol. The number of esters is 3. The second-order valence-corrected chi connectivity index (χ2v) is 24.5. The molecule has 6 heteroatoms. The fourth-order valence-electron chi connectivity index (χ4n) is 10.8. The lowest BCUT2D eigenvalue weighted by molar-refractivity contribution is -0.167. The minimum atomic E-state index is -0.780. The van der Waals surface area contributed by atoms with Crippen molar-refractivity contribution in [1.29, 1.82) is 0 Å². The first kappa shape index (κ1) is 79.1. The van der Waals surface area contributed by atoms with E-state index in [0.29, 0.717) is 19.3 Å². The standard InChI is InChI=1S/C76H138O6/c1-4-7-10-13-16-19-22-25-28-31-34-36-37-38-40-42-45-48-51-54-57-60-63-66-69-75(78)81-72-73(71-80-74(77)68-65-62-59-56-53-50-47-44-41-33-30-27-24-21-18-15-12-9-6-3)82-76(79)70-67-64-61-58-55-52-49-46-43-39-35-32-29-26-23-20-17-14-11-8-5-2/h8,11,17,20,26-27,29-30,35,39,73H,4-7,9-10,12-16,18-19,21-25,28,31-34,36-38,40-72H2,1-3H3/b11-8-,20-17-,29-26-,30-27-,39-35-. The van der Waals surface area contributed by atoms with E-state index >= 15 is 0 Å². The molecule has 0 aromatic heterocycles. The van der Waals surface area contributed by atoms with Crippen molar-refractivity contribution in [2.24, 2.45) is 0 Å². The minimum absolute atomic E-state index is 0.0739. The predicted molar refractivity (Wildman–Crippen MR) is 358 cm³/mol.